The van der Waals surface area contributed by atoms with E-state index in [2.05, 4.69) is 10.1 Å². The third-order valence-corrected chi connectivity index (χ3v) is 6.54. The topological polar surface area (TPSA) is 168 Å². The van der Waals surface area contributed by atoms with Crippen LogP contribution >= 0.6 is 19.4 Å². The van der Waals surface area contributed by atoms with E-state index in [-0.39, 0.29) is 12.4 Å². The van der Waals surface area contributed by atoms with E-state index in [1.807, 2.05) is 0 Å². The summed E-state index contributed by atoms with van der Waals surface area (Å²) in [4.78, 5) is 14.8. The van der Waals surface area contributed by atoms with Crippen molar-refractivity contribution in [3.63, 3.8) is 0 Å². The third kappa shape index (κ3) is 4.81. The summed E-state index contributed by atoms with van der Waals surface area (Å²) in [5, 5.41) is 24.9. The first-order valence-corrected chi connectivity index (χ1v) is 11.1. The van der Waals surface area contributed by atoms with Gasteiger partial charge in [-0.25, -0.2) is 14.2 Å². The van der Waals surface area contributed by atoms with Gasteiger partial charge >= 0.3 is 7.82 Å². The lowest BCUT2D eigenvalue weighted by atomic mass is 10.1. The molecule has 0 aliphatic carbocycles. The molecule has 168 valence electrons. The van der Waals surface area contributed by atoms with E-state index in [0.717, 1.165) is 16.6 Å². The van der Waals surface area contributed by atoms with Gasteiger partial charge in [-0.1, -0.05) is 23.7 Å². The molecule has 2 saturated heterocycles. The Balaban J connectivity index is 1.39. The number of aromatic nitrogens is 3. The van der Waals surface area contributed by atoms with Crippen molar-refractivity contribution >= 4 is 25.3 Å². The summed E-state index contributed by atoms with van der Waals surface area (Å²) in [6.45, 7) is -0.270. The number of aliphatic hydroxyl groups is 2. The van der Waals surface area contributed by atoms with Crippen molar-refractivity contribution in [2.45, 2.75) is 37.1 Å². The van der Waals surface area contributed by atoms with Gasteiger partial charge < -0.3 is 20.7 Å². The van der Waals surface area contributed by atoms with E-state index >= 15 is 0 Å². The zero-order valence-corrected chi connectivity index (χ0v) is 17.6. The molecule has 0 radical (unpaired) electrons. The highest BCUT2D eigenvalue weighted by Gasteiger charge is 2.46. The molecule has 31 heavy (non-hydrogen) atoms. The second kappa shape index (κ2) is 8.93. The van der Waals surface area contributed by atoms with Crippen molar-refractivity contribution in [3.8, 4) is 0 Å². The van der Waals surface area contributed by atoms with Gasteiger partial charge in [-0.3, -0.25) is 18.4 Å². The maximum absolute atomic E-state index is 12.9. The number of hydrogen-bond acceptors (Lipinski definition) is 10. The summed E-state index contributed by atoms with van der Waals surface area (Å²) < 4.78 is 35.6. The van der Waals surface area contributed by atoms with E-state index in [1.54, 1.807) is 24.3 Å². The summed E-state index contributed by atoms with van der Waals surface area (Å²) in [7, 11) is -3.96. The first-order chi connectivity index (χ1) is 14.8. The Labute approximate surface area is 181 Å². The highest BCUT2D eigenvalue weighted by Crippen LogP contribution is 2.57. The van der Waals surface area contributed by atoms with Crippen LogP contribution in [0.1, 0.15) is 34.9 Å². The number of nitrogens with zero attached hydrogens (tertiary/aromatic N) is 3. The Morgan fingerprint density at radius 1 is 1.39 bits per heavy atom. The van der Waals surface area contributed by atoms with E-state index in [1.165, 1.54) is 0 Å². The second-order valence-electron chi connectivity index (χ2n) is 6.97. The van der Waals surface area contributed by atoms with Gasteiger partial charge in [-0.05, 0) is 17.7 Å². The summed E-state index contributed by atoms with van der Waals surface area (Å²) in [5.41, 5.74) is 5.83. The van der Waals surface area contributed by atoms with Gasteiger partial charge in [0, 0.05) is 11.4 Å². The molecule has 2 aliphatic heterocycles. The number of hydrogen-bond donors (Lipinski definition) is 3. The summed E-state index contributed by atoms with van der Waals surface area (Å²) >= 11 is 6.00. The standard InChI is InChI=1S/C17H20ClN4O8P/c18-10-3-1-2-9(6-10)11-4-5-27-31(26,30-11)28-7-12-13(23)14(24)17(29-12)22-8-20-16(21-22)15(19)25/h1-3,6,8,11-14,17,23-24H,4-5,7H2,(H2,19,25)/t11-,12-,13-,14-,17-,31?/m1/s1. The molecule has 6 atom stereocenters. The van der Waals surface area contributed by atoms with Gasteiger partial charge in [-0.2, -0.15) is 0 Å². The number of carbonyl (C=O) groups is 1. The van der Waals surface area contributed by atoms with E-state index in [0.29, 0.717) is 11.4 Å². The van der Waals surface area contributed by atoms with E-state index < -0.39 is 51.0 Å². The number of aliphatic hydroxyl groups excluding tert-OH is 2. The SMILES string of the molecule is NC(=O)c1ncn([C@@H]2O[C@H](COP3(=O)OCC[C@H](c4cccc(Cl)c4)O3)[C@@H](O)[C@H]2O)n1. The lowest BCUT2D eigenvalue weighted by Gasteiger charge is -2.29. The highest BCUT2D eigenvalue weighted by molar-refractivity contribution is 7.48. The van der Waals surface area contributed by atoms with Gasteiger partial charge in [0.15, 0.2) is 6.23 Å². The maximum atomic E-state index is 12.9. The Morgan fingerprint density at radius 3 is 2.90 bits per heavy atom. The monoisotopic (exact) mass is 474 g/mol. The molecule has 4 rings (SSSR count). The number of phosphoric ester groups is 1. The predicted octanol–water partition coefficient (Wildman–Crippen LogP) is 0.952. The Bertz CT molecular complexity index is 1010. The van der Waals surface area contributed by atoms with Crippen LogP contribution in [0.2, 0.25) is 5.02 Å². The summed E-state index contributed by atoms with van der Waals surface area (Å²) in [5.74, 6) is -1.13. The van der Waals surface area contributed by atoms with Crippen LogP contribution in [0.25, 0.3) is 0 Å². The first kappa shape index (κ1) is 22.3. The average molecular weight is 475 g/mol. The smallest absolute Gasteiger partial charge is 0.387 e. The predicted molar refractivity (Wildman–Crippen MR) is 104 cm³/mol. The van der Waals surface area contributed by atoms with Crippen LogP contribution in [0.15, 0.2) is 30.6 Å². The number of benzene rings is 1. The van der Waals surface area contributed by atoms with Crippen LogP contribution < -0.4 is 5.73 Å². The van der Waals surface area contributed by atoms with Crippen molar-refractivity contribution in [2.24, 2.45) is 5.73 Å². The highest BCUT2D eigenvalue weighted by atomic mass is 35.5. The molecular weight excluding hydrogens is 455 g/mol. The van der Waals surface area contributed by atoms with Crippen molar-refractivity contribution < 1.29 is 37.9 Å². The Morgan fingerprint density at radius 2 is 2.19 bits per heavy atom. The third-order valence-electron chi connectivity index (χ3n) is 4.83. The molecule has 4 N–H and O–H groups in total. The molecule has 1 aromatic heterocycles. The Kier molecular flexibility index (Phi) is 6.42. The van der Waals surface area contributed by atoms with Gasteiger partial charge in [0.2, 0.25) is 5.82 Å². The van der Waals surface area contributed by atoms with Gasteiger partial charge in [-0.15, -0.1) is 5.10 Å². The molecule has 2 aliphatic rings. The lowest BCUT2D eigenvalue weighted by molar-refractivity contribution is -0.0641. The lowest BCUT2D eigenvalue weighted by Crippen LogP contribution is -2.34. The fraction of sp³-hybridized carbons (Fsp3) is 0.471. The maximum Gasteiger partial charge on any atom is 0.475 e. The number of ether oxygens (including phenoxy) is 1. The minimum atomic E-state index is -3.96. The first-order valence-electron chi connectivity index (χ1n) is 9.31. The number of phosphoric acid groups is 1. The average Bonchev–Trinajstić information content (AvgIpc) is 3.33. The molecule has 1 unspecified atom stereocenters. The van der Waals surface area contributed by atoms with Crippen molar-refractivity contribution in [1.29, 1.82) is 0 Å². The zero-order chi connectivity index (χ0) is 22.2. The number of amides is 1. The molecule has 1 aromatic carbocycles. The fourth-order valence-electron chi connectivity index (χ4n) is 3.27. The van der Waals surface area contributed by atoms with E-state index in [4.69, 9.17) is 35.6 Å². The summed E-state index contributed by atoms with van der Waals surface area (Å²) in [6, 6.07) is 6.95. The van der Waals surface area contributed by atoms with Crippen LogP contribution in [-0.2, 0) is 22.9 Å². The number of carbonyl (C=O) groups excluding carboxylic acids is 1. The quantitative estimate of drug-likeness (QED) is 0.512. The number of nitrogens with two attached hydrogens (primary N) is 1. The molecule has 0 spiro atoms. The molecule has 2 aromatic rings. The fourth-order valence-corrected chi connectivity index (χ4v) is 4.87. The minimum Gasteiger partial charge on any atom is -0.387 e. The second-order valence-corrected chi connectivity index (χ2v) is 9.03. The van der Waals surface area contributed by atoms with Crippen LogP contribution in [0, 0.1) is 0 Å². The minimum absolute atomic E-state index is 0.128. The molecule has 0 bridgehead atoms. The molecule has 1 amide bonds. The normalized spacial score (nSPS) is 33.5. The number of rotatable bonds is 6. The molecular formula is C17H20ClN4O8P. The van der Waals surface area contributed by atoms with E-state index in [9.17, 15) is 19.6 Å². The van der Waals surface area contributed by atoms with Crippen LogP contribution in [-0.4, -0.2) is 62.4 Å². The Hall–Kier alpha value is -1.89. The van der Waals surface area contributed by atoms with Gasteiger partial charge in [0.25, 0.3) is 5.91 Å². The zero-order valence-electron chi connectivity index (χ0n) is 16.0. The molecule has 14 heteroatoms. The van der Waals surface area contributed by atoms with Gasteiger partial charge in [0.05, 0.1) is 19.3 Å². The molecule has 0 saturated carbocycles. The molecule has 3 heterocycles. The van der Waals surface area contributed by atoms with Gasteiger partial charge in [0.1, 0.15) is 24.6 Å². The number of halogens is 1. The van der Waals surface area contributed by atoms with Crippen LogP contribution in [0.4, 0.5) is 0 Å². The van der Waals surface area contributed by atoms with Crippen molar-refractivity contribution in [3.05, 3.63) is 47.0 Å². The number of primary amides is 1. The molecule has 2 fully saturated rings. The van der Waals surface area contributed by atoms with Crippen LogP contribution in [0.5, 0.6) is 0 Å². The molecule has 12 nitrogen and oxygen atoms in total. The van der Waals surface area contributed by atoms with Crippen LogP contribution in [0.3, 0.4) is 0 Å². The van der Waals surface area contributed by atoms with Crippen molar-refractivity contribution in [1.82, 2.24) is 14.8 Å². The largest absolute Gasteiger partial charge is 0.475 e. The van der Waals surface area contributed by atoms with Crippen molar-refractivity contribution in [2.75, 3.05) is 13.2 Å². The summed E-state index contributed by atoms with van der Waals surface area (Å²) in [6.07, 6.45) is -4.01.